The van der Waals surface area contributed by atoms with Crippen molar-refractivity contribution in [2.24, 2.45) is 16.8 Å². The molecular weight excluding hydrogens is 389 g/mol. The van der Waals surface area contributed by atoms with E-state index < -0.39 is 0 Å². The molecule has 5 heteroatoms. The largest absolute Gasteiger partial charge is 0.381 e. The van der Waals surface area contributed by atoms with E-state index in [1.54, 1.807) is 0 Å². The van der Waals surface area contributed by atoms with Crippen molar-refractivity contribution in [3.05, 3.63) is 0 Å². The van der Waals surface area contributed by atoms with Gasteiger partial charge >= 0.3 is 0 Å². The number of halogens is 1. The summed E-state index contributed by atoms with van der Waals surface area (Å²) >= 11 is 0. The first-order valence-corrected chi connectivity index (χ1v) is 8.63. The minimum absolute atomic E-state index is 0. The molecule has 1 aliphatic heterocycles. The molecule has 0 aromatic rings. The molecule has 1 rings (SSSR count). The molecule has 0 aliphatic carbocycles. The Hall–Kier alpha value is -0.0400. The highest BCUT2D eigenvalue weighted by Gasteiger charge is 2.18. The van der Waals surface area contributed by atoms with Crippen LogP contribution in [0.3, 0.4) is 0 Å². The third-order valence-corrected chi connectivity index (χ3v) is 4.12. The number of ether oxygens (including phenoxy) is 1. The number of hydrogen-bond donors (Lipinski definition) is 1. The van der Waals surface area contributed by atoms with Crippen LogP contribution < -0.4 is 5.32 Å². The summed E-state index contributed by atoms with van der Waals surface area (Å²) in [6.07, 6.45) is 7.81. The average Bonchev–Trinajstić information content (AvgIpc) is 2.94. The van der Waals surface area contributed by atoms with E-state index in [1.165, 1.54) is 38.5 Å². The predicted molar refractivity (Wildman–Crippen MR) is 106 cm³/mol. The maximum absolute atomic E-state index is 5.44. The molecule has 1 unspecified atom stereocenters. The highest BCUT2D eigenvalue weighted by molar-refractivity contribution is 14.0. The van der Waals surface area contributed by atoms with Gasteiger partial charge in [-0.25, -0.2) is 0 Å². The summed E-state index contributed by atoms with van der Waals surface area (Å²) in [5, 5.41) is 3.48. The van der Waals surface area contributed by atoms with Crippen molar-refractivity contribution in [3.8, 4) is 0 Å². The fourth-order valence-electron chi connectivity index (χ4n) is 2.82. The van der Waals surface area contributed by atoms with Crippen molar-refractivity contribution in [1.82, 2.24) is 10.2 Å². The van der Waals surface area contributed by atoms with Crippen LogP contribution in [0.15, 0.2) is 4.99 Å². The number of nitrogens with zero attached hydrogens (tertiary/aromatic N) is 2. The van der Waals surface area contributed by atoms with Crippen molar-refractivity contribution < 1.29 is 4.74 Å². The minimum Gasteiger partial charge on any atom is -0.381 e. The Morgan fingerprint density at radius 2 is 2.00 bits per heavy atom. The normalized spacial score (nSPS) is 18.4. The highest BCUT2D eigenvalue weighted by Crippen LogP contribution is 2.13. The SMILES string of the molecule is CN=C(NCCCCCCC(C)C)N(C)CC1CCOC1.I. The average molecular weight is 425 g/mol. The minimum atomic E-state index is 0. The van der Waals surface area contributed by atoms with Crippen LogP contribution in [0.1, 0.15) is 52.4 Å². The Morgan fingerprint density at radius 3 is 2.59 bits per heavy atom. The van der Waals surface area contributed by atoms with Crippen molar-refractivity contribution in [1.29, 1.82) is 0 Å². The molecule has 4 nitrogen and oxygen atoms in total. The zero-order chi connectivity index (χ0) is 15.5. The topological polar surface area (TPSA) is 36.9 Å². The molecule has 0 aromatic carbocycles. The van der Waals surface area contributed by atoms with Crippen molar-refractivity contribution in [3.63, 3.8) is 0 Å². The Balaban J connectivity index is 0.00000441. The highest BCUT2D eigenvalue weighted by atomic mass is 127. The van der Waals surface area contributed by atoms with Gasteiger partial charge in [0.25, 0.3) is 0 Å². The molecule has 1 fully saturated rings. The molecule has 1 N–H and O–H groups in total. The Kier molecular flexibility index (Phi) is 13.4. The third kappa shape index (κ3) is 9.87. The van der Waals surface area contributed by atoms with E-state index in [0.717, 1.165) is 38.2 Å². The van der Waals surface area contributed by atoms with Gasteiger partial charge in [0.05, 0.1) is 6.61 Å². The van der Waals surface area contributed by atoms with Gasteiger partial charge in [0, 0.05) is 39.7 Å². The first-order chi connectivity index (χ1) is 10.1. The summed E-state index contributed by atoms with van der Waals surface area (Å²) in [4.78, 5) is 6.61. The molecule has 1 heterocycles. The maximum Gasteiger partial charge on any atom is 0.193 e. The second-order valence-corrected chi connectivity index (χ2v) is 6.68. The maximum atomic E-state index is 5.44. The first-order valence-electron chi connectivity index (χ1n) is 8.63. The summed E-state index contributed by atoms with van der Waals surface area (Å²) < 4.78 is 5.44. The van der Waals surface area contributed by atoms with Crippen LogP contribution in [0.4, 0.5) is 0 Å². The molecule has 0 bridgehead atoms. The predicted octanol–water partition coefficient (Wildman–Crippen LogP) is 3.75. The van der Waals surface area contributed by atoms with Crippen LogP contribution in [-0.2, 0) is 4.74 Å². The Bertz CT molecular complexity index is 292. The summed E-state index contributed by atoms with van der Waals surface area (Å²) in [5.41, 5.74) is 0. The van der Waals surface area contributed by atoms with Gasteiger partial charge in [0.15, 0.2) is 5.96 Å². The van der Waals surface area contributed by atoms with E-state index in [-0.39, 0.29) is 24.0 Å². The first kappa shape index (κ1) is 22.0. The Labute approximate surface area is 154 Å². The number of aliphatic imine (C=N–C) groups is 1. The summed E-state index contributed by atoms with van der Waals surface area (Å²) in [5.74, 6) is 2.52. The van der Waals surface area contributed by atoms with E-state index in [4.69, 9.17) is 4.74 Å². The lowest BCUT2D eigenvalue weighted by molar-refractivity contribution is 0.181. The van der Waals surface area contributed by atoms with Gasteiger partial charge < -0.3 is 15.0 Å². The van der Waals surface area contributed by atoms with Gasteiger partial charge in [-0.15, -0.1) is 24.0 Å². The van der Waals surface area contributed by atoms with E-state index in [1.807, 2.05) is 7.05 Å². The van der Waals surface area contributed by atoms with E-state index in [0.29, 0.717) is 5.92 Å². The molecular formula is C17H36IN3O. The molecule has 1 atom stereocenters. The van der Waals surface area contributed by atoms with E-state index in [9.17, 15) is 0 Å². The number of guanidine groups is 1. The fourth-order valence-corrected chi connectivity index (χ4v) is 2.82. The number of nitrogens with one attached hydrogen (secondary N) is 1. The van der Waals surface area contributed by atoms with Crippen LogP contribution in [0, 0.1) is 11.8 Å². The van der Waals surface area contributed by atoms with Crippen LogP contribution >= 0.6 is 24.0 Å². The fraction of sp³-hybridized carbons (Fsp3) is 0.941. The zero-order valence-electron chi connectivity index (χ0n) is 14.9. The smallest absolute Gasteiger partial charge is 0.193 e. The quantitative estimate of drug-likeness (QED) is 0.265. The third-order valence-electron chi connectivity index (χ3n) is 4.12. The Morgan fingerprint density at radius 1 is 1.27 bits per heavy atom. The molecule has 1 aliphatic rings. The number of unbranched alkanes of at least 4 members (excludes halogenated alkanes) is 3. The zero-order valence-corrected chi connectivity index (χ0v) is 17.3. The van der Waals surface area contributed by atoms with Crippen molar-refractivity contribution >= 4 is 29.9 Å². The monoisotopic (exact) mass is 425 g/mol. The number of hydrogen-bond acceptors (Lipinski definition) is 2. The van der Waals surface area contributed by atoms with Gasteiger partial charge in [-0.2, -0.15) is 0 Å². The summed E-state index contributed by atoms with van der Waals surface area (Å²) in [6, 6.07) is 0. The molecule has 0 aromatic heterocycles. The molecule has 0 saturated carbocycles. The van der Waals surface area contributed by atoms with Crippen molar-refractivity contribution in [2.75, 3.05) is 40.4 Å². The van der Waals surface area contributed by atoms with Crippen LogP contribution in [0.25, 0.3) is 0 Å². The lowest BCUT2D eigenvalue weighted by Crippen LogP contribution is -2.41. The molecule has 0 spiro atoms. The lowest BCUT2D eigenvalue weighted by atomic mass is 10.0. The van der Waals surface area contributed by atoms with Crippen LogP contribution in [0.2, 0.25) is 0 Å². The van der Waals surface area contributed by atoms with E-state index in [2.05, 4.69) is 36.1 Å². The number of rotatable bonds is 9. The van der Waals surface area contributed by atoms with Gasteiger partial charge in [-0.1, -0.05) is 39.5 Å². The van der Waals surface area contributed by atoms with Crippen LogP contribution in [-0.4, -0.2) is 51.3 Å². The summed E-state index contributed by atoms with van der Waals surface area (Å²) in [6.45, 7) is 8.49. The standard InChI is InChI=1S/C17H35N3O.HI/c1-15(2)9-7-5-6-8-11-19-17(18-3)20(4)13-16-10-12-21-14-16;/h15-16H,5-14H2,1-4H3,(H,18,19);1H. The van der Waals surface area contributed by atoms with Gasteiger partial charge in [-0.05, 0) is 18.8 Å². The van der Waals surface area contributed by atoms with Crippen LogP contribution in [0.5, 0.6) is 0 Å². The summed E-state index contributed by atoms with van der Waals surface area (Å²) in [7, 11) is 3.99. The molecule has 1 saturated heterocycles. The second kappa shape index (κ2) is 13.4. The van der Waals surface area contributed by atoms with Crippen molar-refractivity contribution in [2.45, 2.75) is 52.4 Å². The molecule has 22 heavy (non-hydrogen) atoms. The molecule has 0 radical (unpaired) electrons. The lowest BCUT2D eigenvalue weighted by Gasteiger charge is -2.24. The van der Waals surface area contributed by atoms with Gasteiger partial charge in [-0.3, -0.25) is 4.99 Å². The van der Waals surface area contributed by atoms with Gasteiger partial charge in [0.2, 0.25) is 0 Å². The molecule has 0 amide bonds. The molecule has 132 valence electrons. The second-order valence-electron chi connectivity index (χ2n) is 6.68. The van der Waals surface area contributed by atoms with E-state index >= 15 is 0 Å². The van der Waals surface area contributed by atoms with Gasteiger partial charge in [0.1, 0.15) is 0 Å².